The first-order valence-electron chi connectivity index (χ1n) is 12.2. The number of hydrogen-bond donors (Lipinski definition) is 2. The number of fused-ring (bicyclic) bond motifs is 1. The Kier molecular flexibility index (Phi) is 7.70. The summed E-state index contributed by atoms with van der Waals surface area (Å²) in [7, 11) is 0. The predicted octanol–water partition coefficient (Wildman–Crippen LogP) is 3.21. The third kappa shape index (κ3) is 5.71. The van der Waals surface area contributed by atoms with Crippen molar-refractivity contribution in [2.75, 3.05) is 31.3 Å². The van der Waals surface area contributed by atoms with E-state index < -0.39 is 17.5 Å². The van der Waals surface area contributed by atoms with E-state index in [0.717, 1.165) is 32.1 Å². The highest BCUT2D eigenvalue weighted by molar-refractivity contribution is 5.95. The molecule has 1 fully saturated rings. The Morgan fingerprint density at radius 3 is 2.87 bits per heavy atom. The lowest BCUT2D eigenvalue weighted by atomic mass is 10.1. The summed E-state index contributed by atoms with van der Waals surface area (Å²) in [5, 5.41) is 8.18. The van der Waals surface area contributed by atoms with E-state index in [4.69, 9.17) is 15.2 Å². The van der Waals surface area contributed by atoms with Crippen molar-refractivity contribution in [2.45, 2.75) is 25.4 Å². The van der Waals surface area contributed by atoms with Crippen LogP contribution in [0.25, 0.3) is 10.9 Å². The normalized spacial score (nSPS) is 14.1. The van der Waals surface area contributed by atoms with Gasteiger partial charge in [-0.25, -0.2) is 18.7 Å². The molecule has 2 aromatic carbocycles. The number of carbonyl (C=O) groups excluding carboxylic acids is 1. The second kappa shape index (κ2) is 11.5. The fourth-order valence-corrected chi connectivity index (χ4v) is 4.38. The molecule has 3 N–H and O–H groups in total. The zero-order valence-electron chi connectivity index (χ0n) is 20.5. The number of primary amides is 1. The molecule has 4 aromatic rings. The lowest BCUT2D eigenvalue weighted by Crippen LogP contribution is -2.37. The summed E-state index contributed by atoms with van der Waals surface area (Å²) < 4.78 is 41.9. The van der Waals surface area contributed by atoms with Crippen LogP contribution in [0.3, 0.4) is 0 Å². The number of anilines is 3. The van der Waals surface area contributed by atoms with Crippen molar-refractivity contribution >= 4 is 34.0 Å². The van der Waals surface area contributed by atoms with Crippen molar-refractivity contribution in [3.63, 3.8) is 0 Å². The molecule has 0 aliphatic carbocycles. The van der Waals surface area contributed by atoms with Crippen LogP contribution in [0.4, 0.5) is 26.0 Å². The molecular weight excluding hydrogens is 496 g/mol. The number of nitrogens with one attached hydrogen (secondary N) is 1. The number of hydrogen-bond acceptors (Lipinski definition) is 8. The molecule has 10 nitrogen and oxygen atoms in total. The number of aromatic nitrogens is 4. The molecule has 0 unspecified atom stereocenters. The largest absolute Gasteiger partial charge is 0.492 e. The van der Waals surface area contributed by atoms with Crippen LogP contribution in [0.1, 0.15) is 12.8 Å². The van der Waals surface area contributed by atoms with E-state index in [-0.39, 0.29) is 12.2 Å². The SMILES string of the molecule is NC(=O)Cn1cc(N(c2cccc(F)c2F)c2ncnc3cc(OCCNC4CCOCC4)ccc23)cn1. The monoisotopic (exact) mass is 523 g/mol. The second-order valence-corrected chi connectivity index (χ2v) is 8.84. The van der Waals surface area contributed by atoms with Gasteiger partial charge >= 0.3 is 0 Å². The summed E-state index contributed by atoms with van der Waals surface area (Å²) in [5.41, 5.74) is 6.11. The topological polar surface area (TPSA) is 120 Å². The molecule has 0 saturated carbocycles. The standard InChI is InChI=1S/C26H27F2N7O3/c27-21-2-1-3-23(25(21)28)35(18-13-33-34(14-18)15-24(29)36)26-20-5-4-19(12-22(20)31-16-32-26)38-11-8-30-17-6-9-37-10-7-17/h1-5,12-14,16-17,30H,6-11,15H2,(H2,29,36). The lowest BCUT2D eigenvalue weighted by molar-refractivity contribution is -0.118. The predicted molar refractivity (Wildman–Crippen MR) is 136 cm³/mol. The van der Waals surface area contributed by atoms with Gasteiger partial charge in [0.1, 0.15) is 31.0 Å². The van der Waals surface area contributed by atoms with E-state index in [1.165, 1.54) is 40.4 Å². The first-order chi connectivity index (χ1) is 18.5. The van der Waals surface area contributed by atoms with E-state index in [9.17, 15) is 9.18 Å². The number of nitrogens with zero attached hydrogens (tertiary/aromatic N) is 5. The molecule has 1 saturated heterocycles. The molecule has 3 heterocycles. The number of amides is 1. The first-order valence-corrected chi connectivity index (χ1v) is 12.2. The Balaban J connectivity index is 1.43. The summed E-state index contributed by atoms with van der Waals surface area (Å²) in [6.45, 7) is 2.54. The number of halogens is 2. The minimum Gasteiger partial charge on any atom is -0.492 e. The first kappa shape index (κ1) is 25.5. The Labute approximate surface area is 217 Å². The summed E-state index contributed by atoms with van der Waals surface area (Å²) in [6.07, 6.45) is 6.24. The molecule has 12 heteroatoms. The Bertz CT molecular complexity index is 1430. The van der Waals surface area contributed by atoms with E-state index >= 15 is 4.39 Å². The van der Waals surface area contributed by atoms with E-state index in [1.807, 2.05) is 0 Å². The average molecular weight is 524 g/mol. The van der Waals surface area contributed by atoms with Crippen molar-refractivity contribution < 1.29 is 23.0 Å². The van der Waals surface area contributed by atoms with Gasteiger partial charge in [-0.05, 0) is 37.1 Å². The van der Waals surface area contributed by atoms with Gasteiger partial charge in [-0.15, -0.1) is 0 Å². The molecule has 0 radical (unpaired) electrons. The highest BCUT2D eigenvalue weighted by Crippen LogP contribution is 2.39. The molecule has 1 amide bonds. The maximum Gasteiger partial charge on any atom is 0.239 e. The van der Waals surface area contributed by atoms with Crippen LogP contribution in [0.15, 0.2) is 55.1 Å². The third-order valence-electron chi connectivity index (χ3n) is 6.19. The van der Waals surface area contributed by atoms with Crippen LogP contribution >= 0.6 is 0 Å². The van der Waals surface area contributed by atoms with Crippen molar-refractivity contribution in [3.8, 4) is 5.75 Å². The fraction of sp³-hybridized carbons (Fsp3) is 0.308. The van der Waals surface area contributed by atoms with Crippen LogP contribution in [0, 0.1) is 11.6 Å². The number of nitrogens with two attached hydrogens (primary N) is 1. The van der Waals surface area contributed by atoms with Gasteiger partial charge in [-0.1, -0.05) is 6.07 Å². The minimum absolute atomic E-state index is 0.0804. The van der Waals surface area contributed by atoms with Gasteiger partial charge in [-0.3, -0.25) is 14.4 Å². The summed E-state index contributed by atoms with van der Waals surface area (Å²) in [5.74, 6) is -1.75. The molecule has 1 aliphatic heterocycles. The molecule has 2 aromatic heterocycles. The zero-order valence-corrected chi connectivity index (χ0v) is 20.5. The van der Waals surface area contributed by atoms with Gasteiger partial charge in [0.15, 0.2) is 11.6 Å². The van der Waals surface area contributed by atoms with Crippen molar-refractivity contribution in [3.05, 3.63) is 66.8 Å². The maximum absolute atomic E-state index is 15.0. The molecule has 0 spiro atoms. The Morgan fingerprint density at radius 2 is 2.05 bits per heavy atom. The molecule has 5 rings (SSSR count). The highest BCUT2D eigenvalue weighted by Gasteiger charge is 2.23. The fourth-order valence-electron chi connectivity index (χ4n) is 4.38. The van der Waals surface area contributed by atoms with Crippen LogP contribution in [-0.2, 0) is 16.1 Å². The third-order valence-corrected chi connectivity index (χ3v) is 6.19. The number of benzene rings is 2. The highest BCUT2D eigenvalue weighted by atomic mass is 19.2. The van der Waals surface area contributed by atoms with E-state index in [1.54, 1.807) is 18.2 Å². The van der Waals surface area contributed by atoms with Gasteiger partial charge in [-0.2, -0.15) is 5.10 Å². The zero-order chi connectivity index (χ0) is 26.5. The summed E-state index contributed by atoms with van der Waals surface area (Å²) in [6, 6.07) is 9.61. The molecular formula is C26H27F2N7O3. The average Bonchev–Trinajstić information content (AvgIpc) is 3.37. The van der Waals surface area contributed by atoms with Gasteiger partial charge in [0, 0.05) is 43.4 Å². The van der Waals surface area contributed by atoms with Crippen LogP contribution < -0.4 is 20.7 Å². The molecule has 0 atom stereocenters. The second-order valence-electron chi connectivity index (χ2n) is 8.84. The Hall–Kier alpha value is -4.16. The number of rotatable bonds is 10. The van der Waals surface area contributed by atoms with Gasteiger partial charge in [0.25, 0.3) is 0 Å². The van der Waals surface area contributed by atoms with Gasteiger partial charge < -0.3 is 20.5 Å². The quantitative estimate of drug-likeness (QED) is 0.304. The minimum atomic E-state index is -1.06. The van der Waals surface area contributed by atoms with E-state index in [0.29, 0.717) is 47.4 Å². The van der Waals surface area contributed by atoms with Crippen molar-refractivity contribution in [2.24, 2.45) is 5.73 Å². The molecule has 1 aliphatic rings. The van der Waals surface area contributed by atoms with Crippen LogP contribution in [0.2, 0.25) is 0 Å². The smallest absolute Gasteiger partial charge is 0.239 e. The molecule has 38 heavy (non-hydrogen) atoms. The van der Waals surface area contributed by atoms with Gasteiger partial charge in [0.05, 0.1) is 23.1 Å². The van der Waals surface area contributed by atoms with Crippen molar-refractivity contribution in [1.29, 1.82) is 0 Å². The molecule has 198 valence electrons. The summed E-state index contributed by atoms with van der Waals surface area (Å²) in [4.78, 5) is 21.5. The van der Waals surface area contributed by atoms with E-state index in [2.05, 4.69) is 20.4 Å². The number of carbonyl (C=O) groups is 1. The lowest BCUT2D eigenvalue weighted by Gasteiger charge is -2.24. The van der Waals surface area contributed by atoms with Crippen molar-refractivity contribution in [1.82, 2.24) is 25.1 Å². The van der Waals surface area contributed by atoms with Crippen LogP contribution in [0.5, 0.6) is 5.75 Å². The van der Waals surface area contributed by atoms with Gasteiger partial charge in [0.2, 0.25) is 5.91 Å². The Morgan fingerprint density at radius 1 is 1.21 bits per heavy atom. The maximum atomic E-state index is 15.0. The van der Waals surface area contributed by atoms with Crippen LogP contribution in [-0.4, -0.2) is 58.1 Å². The number of ether oxygens (including phenoxy) is 2. The molecule has 0 bridgehead atoms. The summed E-state index contributed by atoms with van der Waals surface area (Å²) >= 11 is 0.